The Labute approximate surface area is 130 Å². The zero-order valence-electron chi connectivity index (χ0n) is 12.5. The number of methoxy groups -OCH3 is 1. The largest absolute Gasteiger partial charge is 0.480 e. The molecule has 3 nitrogen and oxygen atoms in total. The average Bonchev–Trinajstić information content (AvgIpc) is 2.54. The van der Waals surface area contributed by atoms with Crippen LogP contribution in [-0.2, 0) is 6.18 Å². The maximum atomic E-state index is 12.9. The summed E-state index contributed by atoms with van der Waals surface area (Å²) >= 11 is 0. The van der Waals surface area contributed by atoms with E-state index in [0.29, 0.717) is 28.0 Å². The molecule has 0 atom stereocenters. The van der Waals surface area contributed by atoms with Gasteiger partial charge in [-0.05, 0) is 30.2 Å². The van der Waals surface area contributed by atoms with Gasteiger partial charge in [0, 0.05) is 5.56 Å². The van der Waals surface area contributed by atoms with Gasteiger partial charge < -0.3 is 4.74 Å². The molecule has 3 rings (SSSR count). The monoisotopic (exact) mass is 318 g/mol. The van der Waals surface area contributed by atoms with E-state index in [1.807, 2.05) is 13.0 Å². The molecule has 0 unspecified atom stereocenters. The van der Waals surface area contributed by atoms with Crippen LogP contribution >= 0.6 is 0 Å². The van der Waals surface area contributed by atoms with E-state index in [1.54, 1.807) is 12.1 Å². The van der Waals surface area contributed by atoms with Gasteiger partial charge in [0.05, 0.1) is 29.9 Å². The van der Waals surface area contributed by atoms with Crippen molar-refractivity contribution >= 4 is 11.0 Å². The van der Waals surface area contributed by atoms with Gasteiger partial charge in [-0.1, -0.05) is 24.3 Å². The first kappa shape index (κ1) is 15.3. The number of benzene rings is 2. The topological polar surface area (TPSA) is 35.0 Å². The first-order chi connectivity index (χ1) is 10.9. The third kappa shape index (κ3) is 2.84. The van der Waals surface area contributed by atoms with E-state index in [-0.39, 0.29) is 0 Å². The summed E-state index contributed by atoms with van der Waals surface area (Å²) in [6.07, 6.45) is -2.93. The average molecular weight is 318 g/mol. The fraction of sp³-hybridized carbons (Fsp3) is 0.176. The summed E-state index contributed by atoms with van der Waals surface area (Å²) in [6, 6.07) is 8.76. The van der Waals surface area contributed by atoms with E-state index in [0.717, 1.165) is 17.7 Å². The third-order valence-corrected chi connectivity index (χ3v) is 3.59. The predicted molar refractivity (Wildman–Crippen MR) is 81.3 cm³/mol. The van der Waals surface area contributed by atoms with Gasteiger partial charge >= 0.3 is 6.18 Å². The second kappa shape index (κ2) is 5.53. The molecule has 0 aliphatic carbocycles. The quantitative estimate of drug-likeness (QED) is 0.691. The van der Waals surface area contributed by atoms with Crippen LogP contribution in [-0.4, -0.2) is 17.1 Å². The van der Waals surface area contributed by atoms with Crippen molar-refractivity contribution in [3.8, 4) is 17.0 Å². The van der Waals surface area contributed by atoms with E-state index in [4.69, 9.17) is 4.74 Å². The van der Waals surface area contributed by atoms with Crippen molar-refractivity contribution in [2.24, 2.45) is 0 Å². The van der Waals surface area contributed by atoms with Gasteiger partial charge in [-0.25, -0.2) is 9.97 Å². The Morgan fingerprint density at radius 2 is 1.83 bits per heavy atom. The molecule has 0 saturated heterocycles. The van der Waals surface area contributed by atoms with Crippen LogP contribution in [0.4, 0.5) is 13.2 Å². The Morgan fingerprint density at radius 3 is 2.52 bits per heavy atom. The number of rotatable bonds is 2. The van der Waals surface area contributed by atoms with Gasteiger partial charge in [0.2, 0.25) is 5.88 Å². The van der Waals surface area contributed by atoms with Gasteiger partial charge in [0.25, 0.3) is 0 Å². The fourth-order valence-electron chi connectivity index (χ4n) is 2.41. The number of aryl methyl sites for hydroxylation is 1. The lowest BCUT2D eigenvalue weighted by molar-refractivity contribution is -0.137. The molecule has 0 bridgehead atoms. The Balaban J connectivity index is 2.23. The highest BCUT2D eigenvalue weighted by Crippen LogP contribution is 2.34. The Hall–Kier alpha value is -2.63. The highest BCUT2D eigenvalue weighted by atomic mass is 19.4. The summed E-state index contributed by atoms with van der Waals surface area (Å²) in [4.78, 5) is 8.66. The molecule has 0 spiro atoms. The van der Waals surface area contributed by atoms with Crippen LogP contribution in [0.25, 0.3) is 22.2 Å². The summed E-state index contributed by atoms with van der Waals surface area (Å²) in [5.41, 5.74) is 2.40. The van der Waals surface area contributed by atoms with Gasteiger partial charge in [0.1, 0.15) is 0 Å². The van der Waals surface area contributed by atoms with Crippen LogP contribution in [0, 0.1) is 6.92 Å². The predicted octanol–water partition coefficient (Wildman–Crippen LogP) is 4.63. The number of aromatic nitrogens is 2. The lowest BCUT2D eigenvalue weighted by atomic mass is 9.99. The summed E-state index contributed by atoms with van der Waals surface area (Å²) in [7, 11) is 1.49. The maximum Gasteiger partial charge on any atom is 0.416 e. The number of halogens is 3. The molecule has 1 aromatic heterocycles. The molecule has 6 heteroatoms. The second-order valence-electron chi connectivity index (χ2n) is 5.12. The summed E-state index contributed by atoms with van der Waals surface area (Å²) in [6.45, 7) is 1.87. The maximum absolute atomic E-state index is 12.9. The van der Waals surface area contributed by atoms with Crippen LogP contribution in [0.15, 0.2) is 42.6 Å². The normalized spacial score (nSPS) is 11.7. The highest BCUT2D eigenvalue weighted by Gasteiger charge is 2.30. The van der Waals surface area contributed by atoms with E-state index in [1.165, 1.54) is 19.4 Å². The zero-order chi connectivity index (χ0) is 16.6. The van der Waals surface area contributed by atoms with E-state index in [9.17, 15) is 13.2 Å². The molecule has 0 aliphatic rings. The lowest BCUT2D eigenvalue weighted by Crippen LogP contribution is -2.04. The second-order valence-corrected chi connectivity index (χ2v) is 5.12. The number of ether oxygens (including phenoxy) is 1. The number of alkyl halides is 3. The summed E-state index contributed by atoms with van der Waals surface area (Å²) in [5, 5.41) is 0. The van der Waals surface area contributed by atoms with Crippen LogP contribution < -0.4 is 4.74 Å². The van der Waals surface area contributed by atoms with Gasteiger partial charge in [0.15, 0.2) is 0 Å². The van der Waals surface area contributed by atoms with E-state index < -0.39 is 11.7 Å². The lowest BCUT2D eigenvalue weighted by Gasteiger charge is -2.11. The van der Waals surface area contributed by atoms with Crippen LogP contribution in [0.3, 0.4) is 0 Å². The molecule has 0 aliphatic heterocycles. The molecule has 118 valence electrons. The van der Waals surface area contributed by atoms with Crippen molar-refractivity contribution in [1.29, 1.82) is 0 Å². The third-order valence-electron chi connectivity index (χ3n) is 3.59. The van der Waals surface area contributed by atoms with Crippen molar-refractivity contribution in [2.75, 3.05) is 7.11 Å². The minimum absolute atomic E-state index is 0.363. The standard InChI is InChI=1S/C17H13F3N2O/c1-10-6-7-13(16-15(10)22-14(23-2)9-21-16)11-4-3-5-12(8-11)17(18,19)20/h3-9H,1-2H3. The Bertz CT molecular complexity index is 875. The van der Waals surface area contributed by atoms with E-state index in [2.05, 4.69) is 9.97 Å². The van der Waals surface area contributed by atoms with E-state index >= 15 is 0 Å². The zero-order valence-corrected chi connectivity index (χ0v) is 12.5. The summed E-state index contributed by atoms with van der Waals surface area (Å²) < 4.78 is 43.8. The fourth-order valence-corrected chi connectivity index (χ4v) is 2.41. The van der Waals surface area contributed by atoms with Crippen molar-refractivity contribution in [1.82, 2.24) is 9.97 Å². The molecule has 23 heavy (non-hydrogen) atoms. The first-order valence-electron chi connectivity index (χ1n) is 6.88. The molecule has 2 aromatic carbocycles. The van der Waals surface area contributed by atoms with Gasteiger partial charge in [-0.15, -0.1) is 0 Å². The van der Waals surface area contributed by atoms with Gasteiger partial charge in [-0.3, -0.25) is 0 Å². The van der Waals surface area contributed by atoms with Crippen molar-refractivity contribution in [3.63, 3.8) is 0 Å². The number of nitrogens with zero attached hydrogens (tertiary/aromatic N) is 2. The minimum atomic E-state index is -4.38. The molecular formula is C17H13F3N2O. The SMILES string of the molecule is COc1cnc2c(-c3cccc(C(F)(F)F)c3)ccc(C)c2n1. The highest BCUT2D eigenvalue weighted by molar-refractivity contribution is 5.93. The van der Waals surface area contributed by atoms with Crippen molar-refractivity contribution in [3.05, 3.63) is 53.7 Å². The molecule has 0 amide bonds. The molecule has 0 saturated carbocycles. The van der Waals surface area contributed by atoms with Crippen LogP contribution in [0.5, 0.6) is 5.88 Å². The Kier molecular flexibility index (Phi) is 3.67. The smallest absolute Gasteiger partial charge is 0.416 e. The van der Waals surface area contributed by atoms with Crippen molar-refractivity contribution < 1.29 is 17.9 Å². The van der Waals surface area contributed by atoms with Gasteiger partial charge in [-0.2, -0.15) is 13.2 Å². The molecule has 1 heterocycles. The van der Waals surface area contributed by atoms with Crippen LogP contribution in [0.1, 0.15) is 11.1 Å². The molecule has 3 aromatic rings. The molecule has 0 radical (unpaired) electrons. The number of fused-ring (bicyclic) bond motifs is 1. The Morgan fingerprint density at radius 1 is 1.04 bits per heavy atom. The number of hydrogen-bond donors (Lipinski definition) is 0. The molecule has 0 N–H and O–H groups in total. The minimum Gasteiger partial charge on any atom is -0.480 e. The van der Waals surface area contributed by atoms with Crippen molar-refractivity contribution in [2.45, 2.75) is 13.1 Å². The van der Waals surface area contributed by atoms with Crippen LogP contribution in [0.2, 0.25) is 0 Å². The first-order valence-corrected chi connectivity index (χ1v) is 6.88. The number of hydrogen-bond acceptors (Lipinski definition) is 3. The molecule has 0 fully saturated rings. The summed E-state index contributed by atoms with van der Waals surface area (Å²) in [5.74, 6) is 0.363. The molecular weight excluding hydrogens is 305 g/mol.